The topological polar surface area (TPSA) is 75.6 Å². The molecular weight excluding hydrogens is 444 g/mol. The van der Waals surface area contributed by atoms with Crippen LogP contribution in [0.3, 0.4) is 0 Å². The summed E-state index contributed by atoms with van der Waals surface area (Å²) < 4.78 is 0. The molecule has 5 rings (SSSR count). The van der Waals surface area contributed by atoms with E-state index in [1.807, 2.05) is 61.5 Å². The number of nitrogens with zero attached hydrogens (tertiary/aromatic N) is 4. The van der Waals surface area contributed by atoms with E-state index in [-0.39, 0.29) is 0 Å². The van der Waals surface area contributed by atoms with Crippen LogP contribution in [0.4, 0.5) is 11.6 Å². The fraction of sp³-hybridized carbons (Fsp3) is 0.0667. The molecule has 3 heterocycles. The molecule has 0 bridgehead atoms. The number of aryl methyl sites for hydroxylation is 2. The average Bonchev–Trinajstić information content (AvgIpc) is 2.91. The number of aromatic nitrogens is 4. The first kappa shape index (κ1) is 22.9. The summed E-state index contributed by atoms with van der Waals surface area (Å²) in [5.41, 5.74) is 6.14. The average molecular weight is 471 g/mol. The van der Waals surface area contributed by atoms with Crippen LogP contribution in [0.2, 0.25) is 0 Å². The van der Waals surface area contributed by atoms with E-state index in [9.17, 15) is 0 Å². The van der Waals surface area contributed by atoms with Gasteiger partial charge in [0.05, 0.1) is 0 Å². The van der Waals surface area contributed by atoms with Crippen molar-refractivity contribution in [2.75, 3.05) is 10.6 Å². The Hall–Kier alpha value is -4.84. The van der Waals surface area contributed by atoms with Crippen LogP contribution in [0.25, 0.3) is 34.4 Å². The zero-order chi connectivity index (χ0) is 24.7. The Morgan fingerprint density at radius 2 is 0.861 bits per heavy atom. The molecule has 36 heavy (non-hydrogen) atoms. The predicted octanol–water partition coefficient (Wildman–Crippen LogP) is 4.91. The van der Waals surface area contributed by atoms with Crippen LogP contribution < -0.4 is 21.3 Å². The predicted molar refractivity (Wildman–Crippen MR) is 147 cm³/mol. The maximum atomic E-state index is 4.77. The summed E-state index contributed by atoms with van der Waals surface area (Å²) in [6.45, 7) is 4.14. The van der Waals surface area contributed by atoms with Gasteiger partial charge in [-0.25, -0.2) is 9.97 Å². The highest BCUT2D eigenvalue weighted by atomic mass is 15.0. The molecule has 0 unspecified atom stereocenters. The minimum atomic E-state index is 0.651. The van der Waals surface area contributed by atoms with Gasteiger partial charge in [0, 0.05) is 48.3 Å². The summed E-state index contributed by atoms with van der Waals surface area (Å²) in [4.78, 5) is 19.0. The molecule has 2 aliphatic heterocycles. The summed E-state index contributed by atoms with van der Waals surface area (Å²) >= 11 is 0. The third kappa shape index (κ3) is 5.45. The molecule has 0 fully saturated rings. The van der Waals surface area contributed by atoms with Gasteiger partial charge in [0.15, 0.2) is 11.6 Å². The highest BCUT2D eigenvalue weighted by molar-refractivity contribution is 5.64. The van der Waals surface area contributed by atoms with Gasteiger partial charge in [-0.1, -0.05) is 59.7 Å². The second-order valence-electron chi connectivity index (χ2n) is 8.48. The molecule has 2 aromatic carbocycles. The van der Waals surface area contributed by atoms with Gasteiger partial charge >= 0.3 is 0 Å². The molecule has 0 amide bonds. The molecule has 2 aliphatic rings. The molecule has 2 N–H and O–H groups in total. The number of rotatable bonds is 2. The van der Waals surface area contributed by atoms with E-state index in [0.717, 1.165) is 33.0 Å². The zero-order valence-electron chi connectivity index (χ0n) is 20.2. The molecule has 0 atom stereocenters. The SMILES string of the molecule is Cc1ccc(-c2cnc3c(ncc(-c4ccc(C)cc4)cnc4c(nc2)=CC=CN4)=CC=CN3)cc1. The molecule has 0 spiro atoms. The van der Waals surface area contributed by atoms with Gasteiger partial charge in [-0.2, -0.15) is 0 Å². The van der Waals surface area contributed by atoms with Gasteiger partial charge in [0.1, 0.15) is 10.7 Å². The lowest BCUT2D eigenvalue weighted by Crippen LogP contribution is -2.15. The molecule has 0 radical (unpaired) electrons. The van der Waals surface area contributed by atoms with Crippen molar-refractivity contribution in [1.29, 1.82) is 0 Å². The van der Waals surface area contributed by atoms with Crippen LogP contribution in [0.1, 0.15) is 11.1 Å². The lowest BCUT2D eigenvalue weighted by atomic mass is 10.1. The van der Waals surface area contributed by atoms with Crippen molar-refractivity contribution in [2.24, 2.45) is 0 Å². The van der Waals surface area contributed by atoms with Gasteiger partial charge in [0.25, 0.3) is 0 Å². The van der Waals surface area contributed by atoms with E-state index < -0.39 is 0 Å². The Labute approximate surface area is 210 Å². The van der Waals surface area contributed by atoms with Crippen molar-refractivity contribution in [1.82, 2.24) is 19.9 Å². The Kier molecular flexibility index (Phi) is 6.76. The fourth-order valence-corrected chi connectivity index (χ4v) is 3.66. The van der Waals surface area contributed by atoms with Gasteiger partial charge < -0.3 is 10.6 Å². The van der Waals surface area contributed by atoms with Crippen LogP contribution >= 0.6 is 0 Å². The van der Waals surface area contributed by atoms with Crippen LogP contribution in [0.5, 0.6) is 0 Å². The number of benzene rings is 2. The van der Waals surface area contributed by atoms with Gasteiger partial charge in [0.2, 0.25) is 0 Å². The lowest BCUT2D eigenvalue weighted by Gasteiger charge is -2.05. The standard InChI is InChI=1S/C30H26N6/c1-21-7-11-23(12-8-21)25-17-33-27-5-3-16-32-30(27)36-20-26(24-13-9-22(2)10-14-24)18-34-28-6-4-15-31-29(28)35-19-25/h3-20H,1-2H3,(H,31,35)(H,32,36). The van der Waals surface area contributed by atoms with Gasteiger partial charge in [-0.15, -0.1) is 0 Å². The Bertz CT molecular complexity index is 1460. The third-order valence-electron chi connectivity index (χ3n) is 5.75. The third-order valence-corrected chi connectivity index (χ3v) is 5.75. The van der Waals surface area contributed by atoms with Gasteiger partial charge in [-0.3, -0.25) is 9.97 Å². The van der Waals surface area contributed by atoms with E-state index in [1.54, 1.807) is 0 Å². The summed E-state index contributed by atoms with van der Waals surface area (Å²) in [6.07, 6.45) is 18.6. The van der Waals surface area contributed by atoms with E-state index in [2.05, 4.69) is 73.0 Å². The van der Waals surface area contributed by atoms with E-state index in [0.29, 0.717) is 11.6 Å². The van der Waals surface area contributed by atoms with Crippen LogP contribution in [0.15, 0.2) is 97.9 Å². The molecule has 6 heteroatoms. The normalized spacial score (nSPS) is 12.3. The molecule has 6 nitrogen and oxygen atoms in total. The number of allylic oxidation sites excluding steroid dienone is 2. The number of hydrogen-bond acceptors (Lipinski definition) is 6. The fourth-order valence-electron chi connectivity index (χ4n) is 3.66. The van der Waals surface area contributed by atoms with E-state index in [1.165, 1.54) is 11.1 Å². The van der Waals surface area contributed by atoms with Crippen LogP contribution in [0, 0.1) is 13.8 Å². The molecule has 0 aliphatic carbocycles. The summed E-state index contributed by atoms with van der Waals surface area (Å²) in [5, 5.41) is 7.86. The first-order valence-corrected chi connectivity index (χ1v) is 11.7. The van der Waals surface area contributed by atoms with Crippen molar-refractivity contribution >= 4 is 23.8 Å². The van der Waals surface area contributed by atoms with Crippen LogP contribution in [-0.4, -0.2) is 19.9 Å². The molecule has 176 valence electrons. The van der Waals surface area contributed by atoms with E-state index >= 15 is 0 Å². The monoisotopic (exact) mass is 470 g/mol. The quantitative estimate of drug-likeness (QED) is 0.555. The summed E-state index contributed by atoms with van der Waals surface area (Å²) in [5.74, 6) is 1.30. The van der Waals surface area contributed by atoms with Crippen molar-refractivity contribution in [3.05, 3.63) is 120 Å². The number of fused-ring (bicyclic) bond motifs is 2. The number of anilines is 2. The maximum Gasteiger partial charge on any atom is 0.155 e. The van der Waals surface area contributed by atoms with Crippen molar-refractivity contribution < 1.29 is 0 Å². The largest absolute Gasteiger partial charge is 0.345 e. The zero-order valence-corrected chi connectivity index (χ0v) is 20.2. The molecule has 1 aromatic heterocycles. The molecule has 0 saturated carbocycles. The highest BCUT2D eigenvalue weighted by Crippen LogP contribution is 2.18. The van der Waals surface area contributed by atoms with Gasteiger partial charge in [-0.05, 0) is 49.3 Å². The molecular formula is C30H26N6. The molecule has 0 saturated heterocycles. The first-order chi connectivity index (χ1) is 17.7. The van der Waals surface area contributed by atoms with E-state index in [4.69, 9.17) is 19.9 Å². The van der Waals surface area contributed by atoms with Crippen LogP contribution in [-0.2, 0) is 0 Å². The second-order valence-corrected chi connectivity index (χ2v) is 8.48. The number of hydrogen-bond donors (Lipinski definition) is 2. The minimum Gasteiger partial charge on any atom is -0.345 e. The smallest absolute Gasteiger partial charge is 0.155 e. The highest BCUT2D eigenvalue weighted by Gasteiger charge is 2.02. The molecule has 3 aromatic rings. The van der Waals surface area contributed by atoms with Crippen molar-refractivity contribution in [3.63, 3.8) is 0 Å². The Morgan fingerprint density at radius 3 is 1.28 bits per heavy atom. The first-order valence-electron chi connectivity index (χ1n) is 11.7. The van der Waals surface area contributed by atoms with Crippen molar-refractivity contribution in [3.8, 4) is 22.3 Å². The summed E-state index contributed by atoms with van der Waals surface area (Å²) in [6, 6.07) is 16.6. The van der Waals surface area contributed by atoms with Crippen molar-refractivity contribution in [2.45, 2.75) is 13.8 Å². The Balaban J connectivity index is 1.80. The maximum absolute atomic E-state index is 4.77. The summed E-state index contributed by atoms with van der Waals surface area (Å²) in [7, 11) is 0. The lowest BCUT2D eigenvalue weighted by molar-refractivity contribution is 1.17. The number of nitrogens with one attached hydrogen (secondary N) is 2. The minimum absolute atomic E-state index is 0.651. The Morgan fingerprint density at radius 1 is 0.472 bits per heavy atom. The second kappa shape index (κ2) is 10.6.